The Hall–Kier alpha value is -3.81. The van der Waals surface area contributed by atoms with Gasteiger partial charge >= 0.3 is 5.97 Å². The molecule has 0 saturated carbocycles. The van der Waals surface area contributed by atoms with E-state index in [-0.39, 0.29) is 23.8 Å². The van der Waals surface area contributed by atoms with E-state index in [1.165, 1.54) is 25.5 Å². The summed E-state index contributed by atoms with van der Waals surface area (Å²) in [5, 5.41) is 14.8. The Morgan fingerprint density at radius 1 is 1.24 bits per heavy atom. The Kier molecular flexibility index (Phi) is 6.13. The van der Waals surface area contributed by atoms with E-state index in [0.29, 0.717) is 12.4 Å². The average Bonchev–Trinajstić information content (AvgIpc) is 3.05. The molecule has 0 radical (unpaired) electrons. The second-order valence-corrected chi connectivity index (χ2v) is 6.12. The molecule has 0 atom stereocenters. The van der Waals surface area contributed by atoms with Crippen LogP contribution in [0.2, 0.25) is 0 Å². The third-order valence-corrected chi connectivity index (χ3v) is 4.24. The molecule has 29 heavy (non-hydrogen) atoms. The van der Waals surface area contributed by atoms with Gasteiger partial charge in [-0.1, -0.05) is 18.2 Å². The highest BCUT2D eigenvalue weighted by Crippen LogP contribution is 2.23. The zero-order valence-electron chi connectivity index (χ0n) is 16.1. The molecular weight excluding hydrogens is 374 g/mol. The second kappa shape index (κ2) is 8.92. The number of para-hydroxylation sites is 1. The van der Waals surface area contributed by atoms with E-state index in [4.69, 9.17) is 9.47 Å². The van der Waals surface area contributed by atoms with E-state index < -0.39 is 5.91 Å². The van der Waals surface area contributed by atoms with Crippen molar-refractivity contribution in [3.05, 3.63) is 59.8 Å². The summed E-state index contributed by atoms with van der Waals surface area (Å²) in [5.74, 6) is -0.656. The van der Waals surface area contributed by atoms with Gasteiger partial charge in [-0.05, 0) is 25.1 Å². The molecule has 3 aromatic rings. The molecule has 2 aromatic carbocycles. The summed E-state index contributed by atoms with van der Waals surface area (Å²) < 4.78 is 11.8. The highest BCUT2D eigenvalue weighted by Gasteiger charge is 2.12. The number of benzene rings is 2. The van der Waals surface area contributed by atoms with Crippen molar-refractivity contribution in [2.45, 2.75) is 13.5 Å². The van der Waals surface area contributed by atoms with Gasteiger partial charge in [0.2, 0.25) is 0 Å². The number of carbonyl (C=O) groups excluding carboxylic acids is 2. The van der Waals surface area contributed by atoms with Crippen molar-refractivity contribution in [3.8, 4) is 11.5 Å². The number of aromatic nitrogens is 1. The molecule has 2 N–H and O–H groups in total. The van der Waals surface area contributed by atoms with Crippen molar-refractivity contribution in [1.29, 1.82) is 0 Å². The van der Waals surface area contributed by atoms with Gasteiger partial charge in [-0.25, -0.2) is 5.43 Å². The lowest BCUT2D eigenvalue weighted by Gasteiger charge is -2.05. The van der Waals surface area contributed by atoms with Gasteiger partial charge in [0.1, 0.15) is 18.0 Å². The summed E-state index contributed by atoms with van der Waals surface area (Å²) in [6.45, 7) is 2.15. The zero-order valence-corrected chi connectivity index (χ0v) is 16.1. The topological polar surface area (TPSA) is 102 Å². The molecule has 8 nitrogen and oxygen atoms in total. The maximum absolute atomic E-state index is 12.2. The van der Waals surface area contributed by atoms with Crippen molar-refractivity contribution in [3.63, 3.8) is 0 Å². The average molecular weight is 395 g/mol. The minimum Gasteiger partial charge on any atom is -0.507 e. The molecule has 0 unspecified atom stereocenters. The van der Waals surface area contributed by atoms with Crippen LogP contribution in [0.15, 0.2) is 53.8 Å². The number of hydrogen-bond acceptors (Lipinski definition) is 6. The molecule has 0 aliphatic heterocycles. The number of carbonyl (C=O) groups is 2. The fourth-order valence-corrected chi connectivity index (χ4v) is 2.91. The van der Waals surface area contributed by atoms with Crippen LogP contribution in [0.3, 0.4) is 0 Å². The molecule has 0 aliphatic carbocycles. The number of methoxy groups -OCH3 is 1. The van der Waals surface area contributed by atoms with Crippen LogP contribution in [-0.2, 0) is 16.1 Å². The molecule has 0 aliphatic rings. The number of ether oxygens (including phenoxy) is 2. The van der Waals surface area contributed by atoms with Crippen molar-refractivity contribution in [2.24, 2.45) is 5.10 Å². The van der Waals surface area contributed by atoms with Crippen LogP contribution in [0.25, 0.3) is 10.9 Å². The van der Waals surface area contributed by atoms with Gasteiger partial charge in [0.25, 0.3) is 5.91 Å². The first-order valence-corrected chi connectivity index (χ1v) is 8.97. The fraction of sp³-hybridized carbons (Fsp3) is 0.190. The van der Waals surface area contributed by atoms with Gasteiger partial charge in [-0.15, -0.1) is 0 Å². The molecule has 0 bridgehead atoms. The molecule has 0 spiro atoms. The molecule has 0 fully saturated rings. The largest absolute Gasteiger partial charge is 0.507 e. The van der Waals surface area contributed by atoms with Gasteiger partial charge < -0.3 is 19.1 Å². The van der Waals surface area contributed by atoms with Crippen molar-refractivity contribution in [2.75, 3.05) is 13.7 Å². The smallest absolute Gasteiger partial charge is 0.325 e. The molecule has 8 heteroatoms. The number of hydrazone groups is 1. The lowest BCUT2D eigenvalue weighted by molar-refractivity contribution is -0.143. The minimum atomic E-state index is -0.559. The molecule has 1 amide bonds. The van der Waals surface area contributed by atoms with Crippen LogP contribution >= 0.6 is 0 Å². The van der Waals surface area contributed by atoms with Crippen LogP contribution in [0, 0.1) is 0 Å². The number of rotatable bonds is 7. The van der Waals surface area contributed by atoms with Crippen molar-refractivity contribution >= 4 is 29.0 Å². The third kappa shape index (κ3) is 4.55. The predicted octanol–water partition coefficient (Wildman–Crippen LogP) is 2.68. The number of phenols is 1. The number of amides is 1. The van der Waals surface area contributed by atoms with Gasteiger partial charge in [0.05, 0.1) is 25.5 Å². The molecule has 3 rings (SSSR count). The van der Waals surface area contributed by atoms with Gasteiger partial charge in [-0.3, -0.25) is 9.59 Å². The fourth-order valence-electron chi connectivity index (χ4n) is 2.91. The quantitative estimate of drug-likeness (QED) is 0.364. The monoisotopic (exact) mass is 395 g/mol. The summed E-state index contributed by atoms with van der Waals surface area (Å²) in [6, 6.07) is 11.9. The number of esters is 1. The Labute approximate surface area is 167 Å². The maximum atomic E-state index is 12.2. The van der Waals surface area contributed by atoms with Gasteiger partial charge in [0.15, 0.2) is 0 Å². The van der Waals surface area contributed by atoms with E-state index in [2.05, 4.69) is 10.5 Å². The Bertz CT molecular complexity index is 1070. The third-order valence-electron chi connectivity index (χ3n) is 4.24. The van der Waals surface area contributed by atoms with Crippen LogP contribution in [0.1, 0.15) is 22.8 Å². The number of nitrogens with one attached hydrogen (secondary N) is 1. The normalized spacial score (nSPS) is 11.0. The van der Waals surface area contributed by atoms with Crippen LogP contribution in [-0.4, -0.2) is 41.5 Å². The van der Waals surface area contributed by atoms with Gasteiger partial charge in [-0.2, -0.15) is 5.10 Å². The molecule has 1 aromatic heterocycles. The standard InChI is InChI=1S/C21H21N3O5/c1-3-29-20(26)13-24-12-14(16-6-4-5-7-18(16)24)11-22-23-21(27)17-9-8-15(28-2)10-19(17)25/h4-12,25H,3,13H2,1-2H3,(H,23,27)/b22-11-. The number of nitrogens with zero attached hydrogens (tertiary/aromatic N) is 2. The second-order valence-electron chi connectivity index (χ2n) is 6.12. The maximum Gasteiger partial charge on any atom is 0.325 e. The highest BCUT2D eigenvalue weighted by atomic mass is 16.5. The minimum absolute atomic E-state index is 0.0766. The summed E-state index contributed by atoms with van der Waals surface area (Å²) in [5.41, 5.74) is 4.04. The first-order chi connectivity index (χ1) is 14.0. The summed E-state index contributed by atoms with van der Waals surface area (Å²) in [7, 11) is 1.47. The van der Waals surface area contributed by atoms with E-state index in [0.717, 1.165) is 16.5 Å². The van der Waals surface area contributed by atoms with Crippen molar-refractivity contribution in [1.82, 2.24) is 9.99 Å². The molecule has 1 heterocycles. The number of phenolic OH excluding ortho intramolecular Hbond substituents is 1. The highest BCUT2D eigenvalue weighted by molar-refractivity contribution is 6.01. The lowest BCUT2D eigenvalue weighted by atomic mass is 10.2. The Morgan fingerprint density at radius 2 is 2.03 bits per heavy atom. The van der Waals surface area contributed by atoms with E-state index in [1.807, 2.05) is 24.3 Å². The van der Waals surface area contributed by atoms with Crippen molar-refractivity contribution < 1.29 is 24.2 Å². The predicted molar refractivity (Wildman–Crippen MR) is 108 cm³/mol. The molecular formula is C21H21N3O5. The van der Waals surface area contributed by atoms with Crippen LogP contribution < -0.4 is 10.2 Å². The lowest BCUT2D eigenvalue weighted by Crippen LogP contribution is -2.17. The molecule has 0 saturated heterocycles. The number of fused-ring (bicyclic) bond motifs is 1. The summed E-state index contributed by atoms with van der Waals surface area (Å²) >= 11 is 0. The van der Waals surface area contributed by atoms with E-state index in [1.54, 1.807) is 23.8 Å². The summed E-state index contributed by atoms with van der Waals surface area (Å²) in [6.07, 6.45) is 3.25. The Morgan fingerprint density at radius 3 is 2.76 bits per heavy atom. The number of aromatic hydroxyl groups is 1. The van der Waals surface area contributed by atoms with Crippen LogP contribution in [0.5, 0.6) is 11.5 Å². The molecule has 150 valence electrons. The van der Waals surface area contributed by atoms with Gasteiger partial charge in [0, 0.05) is 28.7 Å². The zero-order chi connectivity index (χ0) is 20.8. The first kappa shape index (κ1) is 19.9. The van der Waals surface area contributed by atoms with Crippen LogP contribution in [0.4, 0.5) is 0 Å². The first-order valence-electron chi connectivity index (χ1n) is 8.97. The summed E-state index contributed by atoms with van der Waals surface area (Å²) in [4.78, 5) is 24.1. The number of hydrogen-bond donors (Lipinski definition) is 2. The Balaban J connectivity index is 1.78. The SMILES string of the molecule is CCOC(=O)Cn1cc(/C=N\NC(=O)c2ccc(OC)cc2O)c2ccccc21. The van der Waals surface area contributed by atoms with E-state index >= 15 is 0 Å². The van der Waals surface area contributed by atoms with E-state index in [9.17, 15) is 14.7 Å².